The maximum absolute atomic E-state index is 12.6. The Morgan fingerprint density at radius 3 is 2.50 bits per heavy atom. The van der Waals surface area contributed by atoms with Crippen LogP contribution in [0.2, 0.25) is 0 Å². The van der Waals surface area contributed by atoms with E-state index >= 15 is 0 Å². The third-order valence-electron chi connectivity index (χ3n) is 4.76. The normalized spacial score (nSPS) is 19.3. The van der Waals surface area contributed by atoms with Crippen molar-refractivity contribution < 1.29 is 24.5 Å². The van der Waals surface area contributed by atoms with E-state index in [9.17, 15) is 15.0 Å². The number of benzene rings is 3. The number of rotatable bonds is 0. The molecule has 0 aliphatic carbocycles. The Labute approximate surface area is 156 Å². The second kappa shape index (κ2) is 5.02. The van der Waals surface area contributed by atoms with Gasteiger partial charge in [0.15, 0.2) is 5.60 Å². The molecule has 6 heteroatoms. The number of esters is 1. The number of hydrogen-bond acceptors (Lipinski definition) is 5. The van der Waals surface area contributed by atoms with Crippen molar-refractivity contribution in [2.24, 2.45) is 0 Å². The van der Waals surface area contributed by atoms with Gasteiger partial charge in [-0.2, -0.15) is 0 Å². The first-order valence-electron chi connectivity index (χ1n) is 7.88. The first-order valence-corrected chi connectivity index (χ1v) is 8.67. The van der Waals surface area contributed by atoms with Gasteiger partial charge in [0.25, 0.3) is 0 Å². The molecule has 2 aliphatic heterocycles. The van der Waals surface area contributed by atoms with Gasteiger partial charge in [0.1, 0.15) is 23.0 Å². The Bertz CT molecular complexity index is 1110. The fourth-order valence-electron chi connectivity index (χ4n) is 3.67. The van der Waals surface area contributed by atoms with Crippen molar-refractivity contribution in [2.45, 2.75) is 5.60 Å². The highest BCUT2D eigenvalue weighted by molar-refractivity contribution is 9.10. The van der Waals surface area contributed by atoms with E-state index in [1.54, 1.807) is 24.3 Å². The number of ether oxygens (including phenoxy) is 2. The van der Waals surface area contributed by atoms with Crippen LogP contribution in [0, 0.1) is 0 Å². The summed E-state index contributed by atoms with van der Waals surface area (Å²) in [4.78, 5) is 12.6. The third kappa shape index (κ3) is 1.82. The van der Waals surface area contributed by atoms with Crippen LogP contribution in [-0.2, 0) is 10.3 Å². The molecule has 0 radical (unpaired) electrons. The van der Waals surface area contributed by atoms with Gasteiger partial charge in [-0.3, -0.25) is 0 Å². The summed E-state index contributed by atoms with van der Waals surface area (Å²) in [5, 5.41) is 19.9. The second-order valence-corrected chi connectivity index (χ2v) is 7.05. The average molecular weight is 411 g/mol. The van der Waals surface area contributed by atoms with Crippen molar-refractivity contribution in [3.63, 3.8) is 0 Å². The van der Waals surface area contributed by atoms with Crippen LogP contribution in [0.4, 0.5) is 0 Å². The number of aromatic hydroxyl groups is 2. The molecular weight excluding hydrogens is 400 g/mol. The Morgan fingerprint density at radius 1 is 0.885 bits per heavy atom. The molecule has 2 heterocycles. The van der Waals surface area contributed by atoms with Crippen LogP contribution in [0.15, 0.2) is 59.1 Å². The van der Waals surface area contributed by atoms with Crippen LogP contribution < -0.4 is 4.74 Å². The van der Waals surface area contributed by atoms with Crippen LogP contribution in [0.3, 0.4) is 0 Å². The molecule has 1 unspecified atom stereocenters. The first-order chi connectivity index (χ1) is 12.5. The molecule has 1 atom stereocenters. The summed E-state index contributed by atoms with van der Waals surface area (Å²) in [6.45, 7) is 0. The van der Waals surface area contributed by atoms with E-state index in [0.29, 0.717) is 38.2 Å². The Kier molecular flexibility index (Phi) is 2.95. The standard InChI is InChI=1S/C20H11BrO5/c21-15-8-14-18(9-16(15)23)25-17-7-10(22)5-6-13(17)20(14)12-4-2-1-3-11(12)19(24)26-20/h1-9,22-23H. The lowest BCUT2D eigenvalue weighted by atomic mass is 9.77. The maximum Gasteiger partial charge on any atom is 0.340 e. The van der Waals surface area contributed by atoms with Crippen molar-refractivity contribution in [3.8, 4) is 23.0 Å². The fourth-order valence-corrected chi connectivity index (χ4v) is 4.01. The Hall–Kier alpha value is -2.99. The summed E-state index contributed by atoms with van der Waals surface area (Å²) in [6.07, 6.45) is 0. The molecule has 2 aliphatic rings. The number of fused-ring (bicyclic) bond motifs is 6. The summed E-state index contributed by atoms with van der Waals surface area (Å²) in [5.41, 5.74) is 1.17. The average Bonchev–Trinajstić information content (AvgIpc) is 2.91. The van der Waals surface area contributed by atoms with Crippen molar-refractivity contribution in [3.05, 3.63) is 81.3 Å². The van der Waals surface area contributed by atoms with Gasteiger partial charge in [-0.1, -0.05) is 18.2 Å². The van der Waals surface area contributed by atoms with E-state index in [2.05, 4.69) is 15.9 Å². The molecule has 2 N–H and O–H groups in total. The molecule has 0 saturated carbocycles. The highest BCUT2D eigenvalue weighted by Crippen LogP contribution is 2.57. The fraction of sp³-hybridized carbons (Fsp3) is 0.0500. The molecule has 3 aromatic carbocycles. The van der Waals surface area contributed by atoms with Crippen molar-refractivity contribution >= 4 is 21.9 Å². The van der Waals surface area contributed by atoms with E-state index in [-0.39, 0.29) is 11.5 Å². The molecule has 0 aromatic heterocycles. The number of halogens is 1. The van der Waals surface area contributed by atoms with Gasteiger partial charge < -0.3 is 19.7 Å². The SMILES string of the molecule is O=C1OC2(c3ccc(O)cc3Oc3cc(O)c(Br)cc32)c2ccccc21. The first kappa shape index (κ1) is 15.3. The molecule has 0 bridgehead atoms. The number of carbonyl (C=O) groups excluding carboxylic acids is 1. The van der Waals surface area contributed by atoms with Crippen LogP contribution in [-0.4, -0.2) is 16.2 Å². The lowest BCUT2D eigenvalue weighted by Gasteiger charge is -2.36. The van der Waals surface area contributed by atoms with Crippen LogP contribution in [0.5, 0.6) is 23.0 Å². The summed E-state index contributed by atoms with van der Waals surface area (Å²) in [5.74, 6) is 0.315. The molecule has 0 saturated heterocycles. The molecule has 5 rings (SSSR count). The zero-order valence-corrected chi connectivity index (χ0v) is 14.8. The third-order valence-corrected chi connectivity index (χ3v) is 5.40. The van der Waals surface area contributed by atoms with Gasteiger partial charge in [-0.25, -0.2) is 4.79 Å². The monoisotopic (exact) mass is 410 g/mol. The number of carbonyl (C=O) groups is 1. The van der Waals surface area contributed by atoms with E-state index in [4.69, 9.17) is 9.47 Å². The topological polar surface area (TPSA) is 76.0 Å². The Balaban J connectivity index is 1.92. The lowest BCUT2D eigenvalue weighted by molar-refractivity contribution is 0.0224. The predicted molar refractivity (Wildman–Crippen MR) is 95.7 cm³/mol. The summed E-state index contributed by atoms with van der Waals surface area (Å²) < 4.78 is 12.3. The highest BCUT2D eigenvalue weighted by Gasteiger charge is 2.53. The van der Waals surface area contributed by atoms with Gasteiger partial charge in [-0.05, 0) is 40.2 Å². The van der Waals surface area contributed by atoms with Crippen molar-refractivity contribution in [2.75, 3.05) is 0 Å². The van der Waals surface area contributed by atoms with Gasteiger partial charge in [-0.15, -0.1) is 0 Å². The van der Waals surface area contributed by atoms with E-state index < -0.39 is 11.6 Å². The van der Waals surface area contributed by atoms with Crippen LogP contribution >= 0.6 is 15.9 Å². The molecule has 3 aromatic rings. The minimum absolute atomic E-state index is 0.000103. The van der Waals surface area contributed by atoms with E-state index in [0.717, 1.165) is 0 Å². The molecule has 1 spiro atoms. The minimum atomic E-state index is -1.21. The molecule has 5 nitrogen and oxygen atoms in total. The largest absolute Gasteiger partial charge is 0.508 e. The van der Waals surface area contributed by atoms with Gasteiger partial charge in [0, 0.05) is 28.8 Å². The van der Waals surface area contributed by atoms with Gasteiger partial charge in [0.05, 0.1) is 10.0 Å². The van der Waals surface area contributed by atoms with Gasteiger partial charge >= 0.3 is 5.97 Å². The molecule has 26 heavy (non-hydrogen) atoms. The summed E-state index contributed by atoms with van der Waals surface area (Å²) >= 11 is 3.33. The zero-order chi connectivity index (χ0) is 18.1. The summed E-state index contributed by atoms with van der Waals surface area (Å²) in [7, 11) is 0. The van der Waals surface area contributed by atoms with Crippen molar-refractivity contribution in [1.82, 2.24) is 0 Å². The van der Waals surface area contributed by atoms with Gasteiger partial charge in [0.2, 0.25) is 0 Å². The second-order valence-electron chi connectivity index (χ2n) is 6.20. The number of phenolic OH excluding ortho intramolecular Hbond substituents is 2. The predicted octanol–water partition coefficient (Wildman–Crippen LogP) is 4.43. The zero-order valence-electron chi connectivity index (χ0n) is 13.2. The van der Waals surface area contributed by atoms with E-state index in [1.807, 2.05) is 12.1 Å². The van der Waals surface area contributed by atoms with Crippen LogP contribution in [0.25, 0.3) is 0 Å². The molecule has 128 valence electrons. The molecule has 0 amide bonds. The lowest BCUT2D eigenvalue weighted by Crippen LogP contribution is -2.33. The Morgan fingerprint density at radius 2 is 1.65 bits per heavy atom. The van der Waals surface area contributed by atoms with E-state index in [1.165, 1.54) is 18.2 Å². The van der Waals surface area contributed by atoms with Crippen LogP contribution in [0.1, 0.15) is 27.0 Å². The molecule has 0 fully saturated rings. The smallest absolute Gasteiger partial charge is 0.340 e. The maximum atomic E-state index is 12.6. The summed E-state index contributed by atoms with van der Waals surface area (Å²) in [6, 6.07) is 15.0. The number of phenols is 2. The quantitative estimate of drug-likeness (QED) is 0.536. The molecular formula is C20H11BrO5. The minimum Gasteiger partial charge on any atom is -0.508 e. The van der Waals surface area contributed by atoms with Crippen molar-refractivity contribution in [1.29, 1.82) is 0 Å². The highest BCUT2D eigenvalue weighted by atomic mass is 79.9. The number of hydrogen-bond donors (Lipinski definition) is 2.